The third-order valence-electron chi connectivity index (χ3n) is 5.82. The van der Waals surface area contributed by atoms with Crippen molar-refractivity contribution in [1.29, 1.82) is 0 Å². The number of aryl methyl sites for hydroxylation is 2. The number of benzene rings is 1. The molecule has 0 spiro atoms. The molecule has 0 N–H and O–H groups in total. The Morgan fingerprint density at radius 3 is 2.90 bits per heavy atom. The molecule has 0 aliphatic carbocycles. The molecule has 4 heterocycles. The van der Waals surface area contributed by atoms with Crippen LogP contribution in [0.25, 0.3) is 11.3 Å². The predicted molar refractivity (Wildman–Crippen MR) is 112 cm³/mol. The highest BCUT2D eigenvalue weighted by Crippen LogP contribution is 2.36. The summed E-state index contributed by atoms with van der Waals surface area (Å²) in [4.78, 5) is 16.8. The largest absolute Gasteiger partial charge is 0.484 e. The molecule has 0 saturated carbocycles. The summed E-state index contributed by atoms with van der Waals surface area (Å²) in [5.41, 5.74) is 3.78. The van der Waals surface area contributed by atoms with E-state index in [9.17, 15) is 4.79 Å². The second-order valence-electron chi connectivity index (χ2n) is 8.01. The summed E-state index contributed by atoms with van der Waals surface area (Å²) in [6.07, 6.45) is 2.98. The van der Waals surface area contributed by atoms with Crippen LogP contribution >= 0.6 is 0 Å². The lowest BCUT2D eigenvalue weighted by molar-refractivity contribution is 0.0646. The Hall–Kier alpha value is -3.13. The van der Waals surface area contributed by atoms with Crippen LogP contribution < -0.4 is 14.9 Å². The van der Waals surface area contributed by atoms with Crippen LogP contribution in [0.3, 0.4) is 0 Å². The maximum atomic E-state index is 12.7. The van der Waals surface area contributed by atoms with Crippen molar-refractivity contribution in [2.24, 2.45) is 0 Å². The molecule has 1 saturated heterocycles. The van der Waals surface area contributed by atoms with Crippen molar-refractivity contribution in [3.63, 3.8) is 0 Å². The number of hydrogen-bond donors (Lipinski definition) is 0. The Balaban J connectivity index is 1.41. The summed E-state index contributed by atoms with van der Waals surface area (Å²) in [7, 11) is 0. The number of rotatable bonds is 6. The second-order valence-corrected chi connectivity index (χ2v) is 8.01. The van der Waals surface area contributed by atoms with Gasteiger partial charge < -0.3 is 23.3 Å². The highest BCUT2D eigenvalue weighted by Gasteiger charge is 2.24. The van der Waals surface area contributed by atoms with Gasteiger partial charge in [-0.1, -0.05) is 5.16 Å². The van der Waals surface area contributed by atoms with Crippen molar-refractivity contribution in [2.45, 2.75) is 52.4 Å². The van der Waals surface area contributed by atoms with Gasteiger partial charge >= 0.3 is 0 Å². The quantitative estimate of drug-likeness (QED) is 0.601. The van der Waals surface area contributed by atoms with Crippen molar-refractivity contribution >= 4 is 0 Å². The number of pyridine rings is 1. The molecule has 2 aliphatic rings. The first kappa shape index (κ1) is 19.8. The monoisotopic (exact) mass is 423 g/mol. The lowest BCUT2D eigenvalue weighted by Crippen LogP contribution is -2.24. The molecule has 1 atom stereocenters. The van der Waals surface area contributed by atoms with Crippen LogP contribution in [0, 0.1) is 13.8 Å². The smallest absolute Gasteiger partial charge is 0.264 e. The molecule has 8 heteroatoms. The molecular weight excluding hydrogens is 398 g/mol. The van der Waals surface area contributed by atoms with Crippen LogP contribution in [0.5, 0.6) is 11.6 Å². The Morgan fingerprint density at radius 1 is 1.23 bits per heavy atom. The molecule has 8 nitrogen and oxygen atoms in total. The fraction of sp³-hybridized carbons (Fsp3) is 0.435. The van der Waals surface area contributed by atoms with Gasteiger partial charge in [-0.2, -0.15) is 4.98 Å². The van der Waals surface area contributed by atoms with E-state index in [0.29, 0.717) is 24.2 Å². The predicted octanol–water partition coefficient (Wildman–Crippen LogP) is 3.21. The summed E-state index contributed by atoms with van der Waals surface area (Å²) < 4.78 is 24.7. The van der Waals surface area contributed by atoms with E-state index in [2.05, 4.69) is 14.7 Å². The molecule has 31 heavy (non-hydrogen) atoms. The first-order valence-electron chi connectivity index (χ1n) is 10.6. The summed E-state index contributed by atoms with van der Waals surface area (Å²) in [5.74, 6) is 2.36. The van der Waals surface area contributed by atoms with E-state index in [1.165, 1.54) is 0 Å². The SMILES string of the molecule is Cc1noc(COc2ccc3c(c2)CCn2c(OCC4CCCO4)cc(=O)c(C)c2-3)n1. The van der Waals surface area contributed by atoms with E-state index in [0.717, 1.165) is 60.5 Å². The maximum absolute atomic E-state index is 12.7. The van der Waals surface area contributed by atoms with Gasteiger partial charge in [0.2, 0.25) is 0 Å². The van der Waals surface area contributed by atoms with Crippen LogP contribution in [0.15, 0.2) is 33.6 Å². The minimum Gasteiger partial charge on any atom is -0.484 e. The van der Waals surface area contributed by atoms with Crippen molar-refractivity contribution in [2.75, 3.05) is 13.2 Å². The topological polar surface area (TPSA) is 88.6 Å². The van der Waals surface area contributed by atoms with Crippen molar-refractivity contribution in [1.82, 2.24) is 14.7 Å². The highest BCUT2D eigenvalue weighted by molar-refractivity contribution is 5.70. The molecule has 5 rings (SSSR count). The van der Waals surface area contributed by atoms with Crippen LogP contribution in [0.2, 0.25) is 0 Å². The normalized spacial score (nSPS) is 17.3. The lowest BCUT2D eigenvalue weighted by Gasteiger charge is -2.27. The summed E-state index contributed by atoms with van der Waals surface area (Å²) in [6, 6.07) is 7.53. The zero-order valence-corrected chi connectivity index (χ0v) is 17.7. The second kappa shape index (κ2) is 8.19. The molecule has 3 aromatic rings. The zero-order chi connectivity index (χ0) is 21.4. The van der Waals surface area contributed by atoms with E-state index in [-0.39, 0.29) is 18.1 Å². The molecule has 2 aliphatic heterocycles. The Bertz CT molecular complexity index is 1160. The van der Waals surface area contributed by atoms with Crippen molar-refractivity contribution < 1.29 is 18.7 Å². The lowest BCUT2D eigenvalue weighted by atomic mass is 9.94. The van der Waals surface area contributed by atoms with E-state index in [4.69, 9.17) is 18.7 Å². The molecule has 0 bridgehead atoms. The molecule has 162 valence electrons. The van der Waals surface area contributed by atoms with Gasteiger partial charge in [-0.15, -0.1) is 0 Å². The molecule has 0 amide bonds. The molecule has 2 aromatic heterocycles. The van der Waals surface area contributed by atoms with E-state index >= 15 is 0 Å². The van der Waals surface area contributed by atoms with Gasteiger partial charge in [-0.3, -0.25) is 4.79 Å². The minimum absolute atomic E-state index is 0.0199. The average molecular weight is 423 g/mol. The third-order valence-corrected chi connectivity index (χ3v) is 5.82. The molecule has 1 fully saturated rings. The highest BCUT2D eigenvalue weighted by atomic mass is 16.5. The van der Waals surface area contributed by atoms with Gasteiger partial charge in [-0.25, -0.2) is 0 Å². The summed E-state index contributed by atoms with van der Waals surface area (Å²) in [5, 5.41) is 3.77. The summed E-state index contributed by atoms with van der Waals surface area (Å²) in [6.45, 7) is 5.84. The number of hydrogen-bond acceptors (Lipinski definition) is 7. The van der Waals surface area contributed by atoms with E-state index in [1.807, 2.05) is 25.1 Å². The number of aromatic nitrogens is 3. The minimum atomic E-state index is -0.0199. The Morgan fingerprint density at radius 2 is 2.13 bits per heavy atom. The van der Waals surface area contributed by atoms with Crippen molar-refractivity contribution in [3.05, 3.63) is 57.3 Å². The standard InChI is InChI=1S/C23H25N3O5/c1-14-20(27)11-22(30-12-18-4-3-9-28-18)26-8-7-16-10-17(5-6-19(16)23(14)26)29-13-21-24-15(2)25-31-21/h5-6,10-11,18H,3-4,7-9,12-13H2,1-2H3. The maximum Gasteiger partial charge on any atom is 0.264 e. The molecule has 1 aromatic carbocycles. The van der Waals surface area contributed by atoms with Crippen molar-refractivity contribution in [3.8, 4) is 22.9 Å². The summed E-state index contributed by atoms with van der Waals surface area (Å²) >= 11 is 0. The van der Waals surface area contributed by atoms with Crippen LogP contribution in [-0.4, -0.2) is 34.0 Å². The fourth-order valence-electron chi connectivity index (χ4n) is 4.24. The van der Waals surface area contributed by atoms with Gasteiger partial charge in [0.15, 0.2) is 23.7 Å². The first-order valence-corrected chi connectivity index (χ1v) is 10.6. The van der Waals surface area contributed by atoms with Gasteiger partial charge in [0, 0.05) is 30.3 Å². The number of nitrogens with zero attached hydrogens (tertiary/aromatic N) is 3. The van der Waals surface area contributed by atoms with E-state index in [1.54, 1.807) is 13.0 Å². The number of fused-ring (bicyclic) bond motifs is 3. The fourth-order valence-corrected chi connectivity index (χ4v) is 4.24. The van der Waals surface area contributed by atoms with Gasteiger partial charge in [0.1, 0.15) is 12.4 Å². The van der Waals surface area contributed by atoms with Gasteiger partial charge in [0.05, 0.1) is 11.8 Å². The van der Waals surface area contributed by atoms with Crippen LogP contribution in [0.4, 0.5) is 0 Å². The first-order chi connectivity index (χ1) is 15.1. The van der Waals surface area contributed by atoms with Gasteiger partial charge in [0.25, 0.3) is 5.89 Å². The van der Waals surface area contributed by atoms with Crippen LogP contribution in [-0.2, 0) is 24.3 Å². The Kier molecular flexibility index (Phi) is 5.23. The molecular formula is C23H25N3O5. The third kappa shape index (κ3) is 3.95. The van der Waals surface area contributed by atoms with E-state index < -0.39 is 0 Å². The average Bonchev–Trinajstić information content (AvgIpc) is 3.44. The zero-order valence-electron chi connectivity index (χ0n) is 17.7. The number of ether oxygens (including phenoxy) is 3. The van der Waals surface area contributed by atoms with Gasteiger partial charge in [-0.05, 0) is 56.9 Å². The molecule has 1 unspecified atom stereocenters. The molecule has 0 radical (unpaired) electrons. The van der Waals surface area contributed by atoms with Crippen LogP contribution in [0.1, 0.15) is 35.7 Å². The Labute approximate surface area is 179 Å².